The SMILES string of the molecule is [B]Cc1cc(Cl)cc(Br)c1. The molecule has 0 aliphatic heterocycles. The summed E-state index contributed by atoms with van der Waals surface area (Å²) < 4.78 is 0.973. The van der Waals surface area contributed by atoms with Crippen LogP contribution in [-0.4, -0.2) is 7.85 Å². The van der Waals surface area contributed by atoms with Crippen molar-refractivity contribution in [3.05, 3.63) is 33.3 Å². The molecule has 10 heavy (non-hydrogen) atoms. The standard InChI is InChI=1S/C7H5BBrCl/c8-4-5-1-6(9)3-7(10)2-5/h1-3H,4H2. The molecule has 0 atom stereocenters. The van der Waals surface area contributed by atoms with Crippen LogP contribution in [0.3, 0.4) is 0 Å². The Morgan fingerprint density at radius 3 is 2.60 bits per heavy atom. The molecule has 1 aromatic carbocycles. The Balaban J connectivity index is 3.06. The summed E-state index contributed by atoms with van der Waals surface area (Å²) in [6.45, 7) is 0. The van der Waals surface area contributed by atoms with Gasteiger partial charge >= 0.3 is 0 Å². The predicted octanol–water partition coefficient (Wildman–Crippen LogP) is 2.77. The molecule has 0 aliphatic rings. The molecule has 0 unspecified atom stereocenters. The quantitative estimate of drug-likeness (QED) is 0.632. The number of hydrogen-bond donors (Lipinski definition) is 0. The minimum atomic E-state index is 0.527. The van der Waals surface area contributed by atoms with Crippen LogP contribution >= 0.6 is 27.5 Å². The lowest BCUT2D eigenvalue weighted by Gasteiger charge is -1.97. The fourth-order valence-corrected chi connectivity index (χ4v) is 1.66. The van der Waals surface area contributed by atoms with Gasteiger partial charge in [-0.05, 0) is 18.2 Å². The van der Waals surface area contributed by atoms with Crippen LogP contribution in [0.25, 0.3) is 0 Å². The van der Waals surface area contributed by atoms with Crippen molar-refractivity contribution in [1.29, 1.82) is 0 Å². The highest BCUT2D eigenvalue weighted by atomic mass is 79.9. The van der Waals surface area contributed by atoms with Gasteiger partial charge in [-0.3, -0.25) is 0 Å². The third kappa shape index (κ3) is 2.03. The van der Waals surface area contributed by atoms with E-state index in [1.54, 1.807) is 0 Å². The fourth-order valence-electron chi connectivity index (χ4n) is 0.729. The largest absolute Gasteiger partial charge is 0.0843 e. The lowest BCUT2D eigenvalue weighted by molar-refractivity contribution is 1.39. The first-order valence-electron chi connectivity index (χ1n) is 2.87. The average molecular weight is 215 g/mol. The van der Waals surface area contributed by atoms with Gasteiger partial charge in [0.25, 0.3) is 0 Å². The second-order valence-corrected chi connectivity index (χ2v) is 3.33. The monoisotopic (exact) mass is 214 g/mol. The van der Waals surface area contributed by atoms with Gasteiger partial charge in [0.15, 0.2) is 0 Å². The van der Waals surface area contributed by atoms with Crippen molar-refractivity contribution < 1.29 is 0 Å². The molecule has 0 fully saturated rings. The molecule has 0 N–H and O–H groups in total. The van der Waals surface area contributed by atoms with E-state index in [1.807, 2.05) is 18.2 Å². The van der Waals surface area contributed by atoms with Crippen LogP contribution in [0.1, 0.15) is 5.56 Å². The lowest BCUT2D eigenvalue weighted by atomic mass is 9.97. The van der Waals surface area contributed by atoms with E-state index >= 15 is 0 Å². The van der Waals surface area contributed by atoms with Gasteiger partial charge in [-0.2, -0.15) is 0 Å². The average Bonchev–Trinajstić information content (AvgIpc) is 1.85. The van der Waals surface area contributed by atoms with Gasteiger partial charge in [0.1, 0.15) is 0 Å². The summed E-state index contributed by atoms with van der Waals surface area (Å²) in [6.07, 6.45) is 0.527. The summed E-state index contributed by atoms with van der Waals surface area (Å²) in [7, 11) is 5.41. The summed E-state index contributed by atoms with van der Waals surface area (Å²) >= 11 is 9.06. The molecule has 0 aromatic heterocycles. The predicted molar refractivity (Wildman–Crippen MR) is 48.6 cm³/mol. The highest BCUT2D eigenvalue weighted by Gasteiger charge is 1.93. The Bertz CT molecular complexity index is 217. The maximum Gasteiger partial charge on any atom is 0.0716 e. The van der Waals surface area contributed by atoms with E-state index in [0.717, 1.165) is 15.1 Å². The maximum atomic E-state index is 5.74. The molecule has 0 spiro atoms. The highest BCUT2D eigenvalue weighted by molar-refractivity contribution is 9.10. The van der Waals surface area contributed by atoms with Crippen molar-refractivity contribution >= 4 is 35.4 Å². The van der Waals surface area contributed by atoms with Gasteiger partial charge in [0, 0.05) is 9.50 Å². The Kier molecular flexibility index (Phi) is 2.81. The Morgan fingerprint density at radius 1 is 1.40 bits per heavy atom. The second-order valence-electron chi connectivity index (χ2n) is 1.98. The Hall–Kier alpha value is 0.0549. The molecular weight excluding hydrogens is 210 g/mol. The molecular formula is C7H5BBrCl. The molecule has 0 bridgehead atoms. The second kappa shape index (κ2) is 3.45. The molecule has 2 radical (unpaired) electrons. The minimum absolute atomic E-state index is 0.527. The molecule has 0 nitrogen and oxygen atoms in total. The smallest absolute Gasteiger partial charge is 0.0716 e. The number of benzene rings is 1. The van der Waals surface area contributed by atoms with Crippen LogP contribution in [-0.2, 0) is 6.32 Å². The van der Waals surface area contributed by atoms with Crippen molar-refractivity contribution in [3.63, 3.8) is 0 Å². The number of rotatable bonds is 1. The molecule has 0 heterocycles. The molecule has 0 aliphatic carbocycles. The zero-order valence-electron chi connectivity index (χ0n) is 5.27. The summed E-state index contributed by atoms with van der Waals surface area (Å²) in [4.78, 5) is 0. The van der Waals surface area contributed by atoms with Gasteiger partial charge in [-0.1, -0.05) is 39.4 Å². The van der Waals surface area contributed by atoms with Gasteiger partial charge < -0.3 is 0 Å². The molecule has 1 rings (SSSR count). The molecule has 0 saturated heterocycles. The van der Waals surface area contributed by atoms with Crippen molar-refractivity contribution in [3.8, 4) is 0 Å². The van der Waals surface area contributed by atoms with E-state index in [2.05, 4.69) is 15.9 Å². The van der Waals surface area contributed by atoms with Crippen LogP contribution in [0.15, 0.2) is 22.7 Å². The lowest BCUT2D eigenvalue weighted by Crippen LogP contribution is -1.82. The minimum Gasteiger partial charge on any atom is -0.0843 e. The van der Waals surface area contributed by atoms with Gasteiger partial charge in [-0.25, -0.2) is 0 Å². The zero-order chi connectivity index (χ0) is 7.56. The van der Waals surface area contributed by atoms with E-state index in [9.17, 15) is 0 Å². The van der Waals surface area contributed by atoms with Crippen molar-refractivity contribution in [2.75, 3.05) is 0 Å². The number of hydrogen-bond acceptors (Lipinski definition) is 0. The summed E-state index contributed by atoms with van der Waals surface area (Å²) in [5.74, 6) is 0. The van der Waals surface area contributed by atoms with Crippen molar-refractivity contribution in [1.82, 2.24) is 0 Å². The van der Waals surface area contributed by atoms with E-state index in [0.29, 0.717) is 6.32 Å². The Morgan fingerprint density at radius 2 is 2.10 bits per heavy atom. The summed E-state index contributed by atoms with van der Waals surface area (Å²) in [6, 6.07) is 5.64. The Labute approximate surface area is 75.1 Å². The van der Waals surface area contributed by atoms with E-state index in [-0.39, 0.29) is 0 Å². The topological polar surface area (TPSA) is 0 Å². The third-order valence-electron chi connectivity index (χ3n) is 1.16. The molecule has 50 valence electrons. The van der Waals surface area contributed by atoms with Gasteiger partial charge in [-0.15, -0.1) is 0 Å². The van der Waals surface area contributed by atoms with Crippen LogP contribution < -0.4 is 0 Å². The fraction of sp³-hybridized carbons (Fsp3) is 0.143. The van der Waals surface area contributed by atoms with Gasteiger partial charge in [0.05, 0.1) is 7.85 Å². The normalized spacial score (nSPS) is 9.80. The van der Waals surface area contributed by atoms with E-state index < -0.39 is 0 Å². The van der Waals surface area contributed by atoms with Gasteiger partial charge in [0.2, 0.25) is 0 Å². The summed E-state index contributed by atoms with van der Waals surface area (Å²) in [5, 5.41) is 0.717. The highest BCUT2D eigenvalue weighted by Crippen LogP contribution is 2.19. The van der Waals surface area contributed by atoms with Crippen LogP contribution in [0.4, 0.5) is 0 Å². The molecule has 0 amide bonds. The molecule has 3 heteroatoms. The summed E-state index contributed by atoms with van der Waals surface area (Å²) in [5.41, 5.74) is 1.04. The molecule has 1 aromatic rings. The number of halogens is 2. The van der Waals surface area contributed by atoms with Crippen LogP contribution in [0.5, 0.6) is 0 Å². The van der Waals surface area contributed by atoms with Crippen LogP contribution in [0, 0.1) is 0 Å². The first-order chi connectivity index (χ1) is 4.72. The third-order valence-corrected chi connectivity index (χ3v) is 1.83. The molecule has 0 saturated carbocycles. The first kappa shape index (κ1) is 8.15. The maximum absolute atomic E-state index is 5.74. The van der Waals surface area contributed by atoms with E-state index in [4.69, 9.17) is 19.4 Å². The zero-order valence-corrected chi connectivity index (χ0v) is 7.61. The van der Waals surface area contributed by atoms with Crippen molar-refractivity contribution in [2.45, 2.75) is 6.32 Å². The van der Waals surface area contributed by atoms with Crippen LogP contribution in [0.2, 0.25) is 5.02 Å². The first-order valence-corrected chi connectivity index (χ1v) is 4.04. The van der Waals surface area contributed by atoms with Crippen molar-refractivity contribution in [2.24, 2.45) is 0 Å². The van der Waals surface area contributed by atoms with E-state index in [1.165, 1.54) is 0 Å².